The largest absolute Gasteiger partial charge is 0.466 e. The maximum atomic E-state index is 11.7. The van der Waals surface area contributed by atoms with Crippen molar-refractivity contribution in [1.29, 1.82) is 0 Å². The molecule has 106 valence electrons. The summed E-state index contributed by atoms with van der Waals surface area (Å²) in [5, 5.41) is 3.02. The van der Waals surface area contributed by atoms with Gasteiger partial charge in [0, 0.05) is 18.3 Å². The van der Waals surface area contributed by atoms with Crippen LogP contribution < -0.4 is 0 Å². The maximum Gasteiger partial charge on any atom is 0.306 e. The number of likely N-dealkylation sites (N-methyl/N-ethyl adjacent to an activating group) is 1. The second-order valence-electron chi connectivity index (χ2n) is 4.37. The van der Waals surface area contributed by atoms with Crippen molar-refractivity contribution < 1.29 is 14.3 Å². The summed E-state index contributed by atoms with van der Waals surface area (Å²) >= 11 is 1.60. The van der Waals surface area contributed by atoms with Crippen LogP contribution in [0.1, 0.15) is 30.5 Å². The lowest BCUT2D eigenvalue weighted by Crippen LogP contribution is -2.26. The number of hydrogen-bond donors (Lipinski definition) is 0. The van der Waals surface area contributed by atoms with Crippen LogP contribution in [0.5, 0.6) is 0 Å². The van der Waals surface area contributed by atoms with Crippen LogP contribution in [0.4, 0.5) is 0 Å². The van der Waals surface area contributed by atoms with Gasteiger partial charge in [0.15, 0.2) is 0 Å². The van der Waals surface area contributed by atoms with Crippen LogP contribution in [0.3, 0.4) is 0 Å². The van der Waals surface area contributed by atoms with Crippen LogP contribution >= 0.6 is 11.3 Å². The summed E-state index contributed by atoms with van der Waals surface area (Å²) in [6, 6.07) is 0. The molecule has 0 unspecified atom stereocenters. The summed E-state index contributed by atoms with van der Waals surface area (Å²) < 4.78 is 4.78. The van der Waals surface area contributed by atoms with E-state index in [-0.39, 0.29) is 24.6 Å². The van der Waals surface area contributed by atoms with Gasteiger partial charge in [0.05, 0.1) is 30.3 Å². The van der Waals surface area contributed by atoms with Crippen molar-refractivity contribution in [2.75, 3.05) is 20.2 Å². The predicted octanol–water partition coefficient (Wildman–Crippen LogP) is 1.80. The molecule has 1 aromatic heterocycles. The summed E-state index contributed by atoms with van der Waals surface area (Å²) in [6.45, 7) is 5.05. The van der Waals surface area contributed by atoms with Crippen molar-refractivity contribution in [2.24, 2.45) is 0 Å². The van der Waals surface area contributed by atoms with E-state index in [0.717, 1.165) is 10.7 Å². The van der Waals surface area contributed by atoms with Crippen LogP contribution in [0.15, 0.2) is 5.38 Å². The van der Waals surface area contributed by atoms with E-state index in [1.165, 1.54) is 0 Å². The van der Waals surface area contributed by atoms with Crippen LogP contribution in [-0.4, -0.2) is 41.8 Å². The van der Waals surface area contributed by atoms with E-state index >= 15 is 0 Å². The average molecular weight is 284 g/mol. The first-order valence-electron chi connectivity index (χ1n) is 6.28. The first kappa shape index (κ1) is 15.8. The fraction of sp³-hybridized carbons (Fsp3) is 0.615. The minimum Gasteiger partial charge on any atom is -0.466 e. The molecule has 0 bridgehead atoms. The van der Waals surface area contributed by atoms with Gasteiger partial charge in [0.2, 0.25) is 0 Å². The first-order chi connectivity index (χ1) is 9.01. The van der Waals surface area contributed by atoms with Crippen LogP contribution in [0.2, 0.25) is 0 Å². The highest BCUT2D eigenvalue weighted by atomic mass is 32.1. The third-order valence-electron chi connectivity index (χ3n) is 2.46. The third kappa shape index (κ3) is 6.45. The number of carbonyl (C=O) groups excluding carboxylic acids is 2. The molecule has 0 aliphatic rings. The van der Waals surface area contributed by atoms with Gasteiger partial charge in [-0.2, -0.15) is 0 Å². The van der Waals surface area contributed by atoms with Gasteiger partial charge in [-0.15, -0.1) is 11.3 Å². The van der Waals surface area contributed by atoms with Gasteiger partial charge in [0.25, 0.3) is 0 Å². The number of rotatable bonds is 8. The molecule has 19 heavy (non-hydrogen) atoms. The molecule has 5 nitrogen and oxygen atoms in total. The molecule has 0 radical (unpaired) electrons. The Hall–Kier alpha value is -1.27. The van der Waals surface area contributed by atoms with Gasteiger partial charge in [-0.05, 0) is 20.9 Å². The number of carbonyl (C=O) groups is 2. The fourth-order valence-electron chi connectivity index (χ4n) is 1.67. The van der Waals surface area contributed by atoms with Crippen LogP contribution in [-0.2, 0) is 20.9 Å². The molecule has 0 fully saturated rings. The Balaban J connectivity index is 2.26. The summed E-state index contributed by atoms with van der Waals surface area (Å²) in [4.78, 5) is 29.1. The molecule has 1 aromatic rings. The first-order valence-corrected chi connectivity index (χ1v) is 7.16. The molecule has 0 spiro atoms. The number of ether oxygens (including phenoxy) is 1. The SMILES string of the molecule is CCOC(=O)CCC(=O)CN(C)Cc1csc(C)n1. The number of Topliss-reactive ketones (excluding diaryl/α,β-unsaturated/α-hetero) is 1. The van der Waals surface area contributed by atoms with Gasteiger partial charge in [-0.3, -0.25) is 14.5 Å². The van der Waals surface area contributed by atoms with Gasteiger partial charge in [-0.1, -0.05) is 0 Å². The minimum atomic E-state index is -0.311. The number of nitrogens with zero attached hydrogens (tertiary/aromatic N) is 2. The average Bonchev–Trinajstić information content (AvgIpc) is 2.72. The molecule has 0 saturated carbocycles. The van der Waals surface area contributed by atoms with Crippen molar-refractivity contribution in [3.63, 3.8) is 0 Å². The number of hydrogen-bond acceptors (Lipinski definition) is 6. The maximum absolute atomic E-state index is 11.7. The Bertz CT molecular complexity index is 431. The van der Waals surface area contributed by atoms with Crippen molar-refractivity contribution >= 4 is 23.1 Å². The van der Waals surface area contributed by atoms with Gasteiger partial charge < -0.3 is 4.74 Å². The van der Waals surface area contributed by atoms with E-state index in [4.69, 9.17) is 4.74 Å². The number of esters is 1. The van der Waals surface area contributed by atoms with E-state index in [9.17, 15) is 9.59 Å². The lowest BCUT2D eigenvalue weighted by Gasteiger charge is -2.13. The zero-order chi connectivity index (χ0) is 14.3. The van der Waals surface area contributed by atoms with Crippen molar-refractivity contribution in [1.82, 2.24) is 9.88 Å². The monoisotopic (exact) mass is 284 g/mol. The predicted molar refractivity (Wildman–Crippen MR) is 74.1 cm³/mol. The van der Waals surface area contributed by atoms with Gasteiger partial charge >= 0.3 is 5.97 Å². The molecular formula is C13H20N2O3S. The van der Waals surface area contributed by atoms with E-state index in [2.05, 4.69) is 4.98 Å². The Labute approximate surface area is 117 Å². The van der Waals surface area contributed by atoms with Gasteiger partial charge in [-0.25, -0.2) is 4.98 Å². The Morgan fingerprint density at radius 3 is 2.74 bits per heavy atom. The lowest BCUT2D eigenvalue weighted by atomic mass is 10.2. The summed E-state index contributed by atoms with van der Waals surface area (Å²) in [7, 11) is 1.87. The normalized spacial score (nSPS) is 10.7. The van der Waals surface area contributed by atoms with E-state index in [0.29, 0.717) is 19.7 Å². The smallest absolute Gasteiger partial charge is 0.306 e. The molecule has 0 N–H and O–H groups in total. The Morgan fingerprint density at radius 1 is 1.42 bits per heavy atom. The van der Waals surface area contributed by atoms with E-state index in [1.807, 2.05) is 24.3 Å². The molecule has 0 aromatic carbocycles. The zero-order valence-corrected chi connectivity index (χ0v) is 12.5. The van der Waals surface area contributed by atoms with E-state index < -0.39 is 0 Å². The van der Waals surface area contributed by atoms with Gasteiger partial charge in [0.1, 0.15) is 5.78 Å². The molecule has 0 amide bonds. The standard InChI is InChI=1S/C13H20N2O3S/c1-4-18-13(17)6-5-12(16)8-15(3)7-11-9-19-10(2)14-11/h9H,4-8H2,1-3H3. The summed E-state index contributed by atoms with van der Waals surface area (Å²) in [5.41, 5.74) is 0.975. The molecular weight excluding hydrogens is 264 g/mol. The van der Waals surface area contributed by atoms with Crippen LogP contribution in [0.25, 0.3) is 0 Å². The van der Waals surface area contributed by atoms with Crippen LogP contribution in [0, 0.1) is 6.92 Å². The molecule has 1 heterocycles. The highest BCUT2D eigenvalue weighted by molar-refractivity contribution is 7.09. The quantitative estimate of drug-likeness (QED) is 0.681. The molecule has 0 saturated heterocycles. The highest BCUT2D eigenvalue weighted by Crippen LogP contribution is 2.09. The zero-order valence-electron chi connectivity index (χ0n) is 11.6. The molecule has 0 aliphatic heterocycles. The summed E-state index contributed by atoms with van der Waals surface area (Å²) in [5.74, 6) is -0.267. The Morgan fingerprint density at radius 2 is 2.16 bits per heavy atom. The van der Waals surface area contributed by atoms with E-state index in [1.54, 1.807) is 18.3 Å². The number of ketones is 1. The lowest BCUT2D eigenvalue weighted by molar-refractivity contribution is -0.144. The molecule has 0 atom stereocenters. The van der Waals surface area contributed by atoms with Crippen molar-refractivity contribution in [2.45, 2.75) is 33.2 Å². The molecule has 0 aliphatic carbocycles. The van der Waals surface area contributed by atoms with Crippen molar-refractivity contribution in [3.8, 4) is 0 Å². The Kier molecular flexibility index (Phi) is 6.66. The minimum absolute atomic E-state index is 0.0440. The molecule has 1 rings (SSSR count). The highest BCUT2D eigenvalue weighted by Gasteiger charge is 2.11. The topological polar surface area (TPSA) is 59.5 Å². The fourth-order valence-corrected chi connectivity index (χ4v) is 2.27. The second kappa shape index (κ2) is 8.01. The number of aryl methyl sites for hydroxylation is 1. The second-order valence-corrected chi connectivity index (χ2v) is 5.44. The molecule has 6 heteroatoms. The number of thiazole rings is 1. The van der Waals surface area contributed by atoms with Crippen molar-refractivity contribution in [3.05, 3.63) is 16.1 Å². The third-order valence-corrected chi connectivity index (χ3v) is 3.28. The summed E-state index contributed by atoms with van der Waals surface area (Å²) in [6.07, 6.45) is 0.398. The number of aromatic nitrogens is 1.